The van der Waals surface area contributed by atoms with Gasteiger partial charge in [0.15, 0.2) is 0 Å². The van der Waals surface area contributed by atoms with Crippen molar-refractivity contribution in [1.82, 2.24) is 9.88 Å². The number of aromatic nitrogens is 1. The summed E-state index contributed by atoms with van der Waals surface area (Å²) in [5, 5.41) is 5.50. The number of amides is 2. The highest BCUT2D eigenvalue weighted by atomic mass is 32.2. The van der Waals surface area contributed by atoms with Crippen LogP contribution in [0.3, 0.4) is 0 Å². The van der Waals surface area contributed by atoms with Gasteiger partial charge in [-0.25, -0.2) is 0 Å². The fourth-order valence-corrected chi connectivity index (χ4v) is 4.37. The number of hydrogen-bond donors (Lipinski definition) is 1. The van der Waals surface area contributed by atoms with E-state index in [2.05, 4.69) is 58.5 Å². The van der Waals surface area contributed by atoms with E-state index >= 15 is 0 Å². The Kier molecular flexibility index (Phi) is 4.02. The molecule has 2 amide bonds. The molecule has 1 aliphatic rings. The van der Waals surface area contributed by atoms with Crippen molar-refractivity contribution in [3.8, 4) is 0 Å². The molecule has 0 saturated carbocycles. The van der Waals surface area contributed by atoms with Crippen molar-refractivity contribution in [2.45, 2.75) is 6.54 Å². The number of imide groups is 1. The second-order valence-corrected chi connectivity index (χ2v) is 7.73. The van der Waals surface area contributed by atoms with E-state index in [1.54, 1.807) is 6.08 Å². The molecular formula is C23H16N2O2S. The van der Waals surface area contributed by atoms with Gasteiger partial charge in [-0.1, -0.05) is 60.7 Å². The minimum atomic E-state index is -0.333. The molecule has 3 aromatic carbocycles. The SMILES string of the molecule is O=C1NC(=O)/C(=C/c2cn(Cc3cccc4ccccc34)c3ccccc23)S1. The Balaban J connectivity index is 1.62. The van der Waals surface area contributed by atoms with Crippen molar-refractivity contribution in [1.29, 1.82) is 0 Å². The quantitative estimate of drug-likeness (QED) is 0.496. The lowest BCUT2D eigenvalue weighted by molar-refractivity contribution is -0.115. The fourth-order valence-electron chi connectivity index (χ4n) is 3.70. The fraction of sp³-hybridized carbons (Fsp3) is 0.0435. The van der Waals surface area contributed by atoms with E-state index in [1.807, 2.05) is 24.3 Å². The van der Waals surface area contributed by atoms with Gasteiger partial charge in [-0.15, -0.1) is 0 Å². The van der Waals surface area contributed by atoms with Gasteiger partial charge in [0.1, 0.15) is 0 Å². The molecule has 4 nitrogen and oxygen atoms in total. The summed E-state index contributed by atoms with van der Waals surface area (Å²) in [5.41, 5.74) is 3.27. The van der Waals surface area contributed by atoms with Crippen molar-refractivity contribution in [2.24, 2.45) is 0 Å². The average molecular weight is 384 g/mol. The van der Waals surface area contributed by atoms with Gasteiger partial charge in [-0.3, -0.25) is 14.9 Å². The number of hydrogen-bond acceptors (Lipinski definition) is 3. The summed E-state index contributed by atoms with van der Waals surface area (Å²) in [6.45, 7) is 0.726. The van der Waals surface area contributed by atoms with Crippen LogP contribution in [0.2, 0.25) is 0 Å². The Morgan fingerprint density at radius 3 is 2.46 bits per heavy atom. The summed E-state index contributed by atoms with van der Waals surface area (Å²) >= 11 is 0.944. The molecule has 5 heteroatoms. The van der Waals surface area contributed by atoms with E-state index in [1.165, 1.54) is 16.3 Å². The molecular weight excluding hydrogens is 368 g/mol. The summed E-state index contributed by atoms with van der Waals surface area (Å²) in [7, 11) is 0. The van der Waals surface area contributed by atoms with Gasteiger partial charge in [-0.05, 0) is 40.2 Å². The third-order valence-corrected chi connectivity index (χ3v) is 5.78. The molecule has 1 N–H and O–H groups in total. The van der Waals surface area contributed by atoms with Crippen molar-refractivity contribution < 1.29 is 9.59 Å². The molecule has 1 aliphatic heterocycles. The van der Waals surface area contributed by atoms with Gasteiger partial charge >= 0.3 is 0 Å². The van der Waals surface area contributed by atoms with E-state index in [-0.39, 0.29) is 11.1 Å². The molecule has 0 aliphatic carbocycles. The third kappa shape index (κ3) is 2.90. The molecule has 0 unspecified atom stereocenters. The molecule has 2 heterocycles. The second kappa shape index (κ2) is 6.69. The van der Waals surface area contributed by atoms with Crippen molar-refractivity contribution in [2.75, 3.05) is 0 Å². The maximum Gasteiger partial charge on any atom is 0.290 e. The molecule has 0 bridgehead atoms. The molecule has 0 spiro atoms. The lowest BCUT2D eigenvalue weighted by Gasteiger charge is -2.09. The number of carbonyl (C=O) groups excluding carboxylic acids is 2. The maximum absolute atomic E-state index is 11.9. The van der Waals surface area contributed by atoms with Gasteiger partial charge < -0.3 is 4.57 Å². The van der Waals surface area contributed by atoms with Crippen LogP contribution in [0.1, 0.15) is 11.1 Å². The molecule has 0 atom stereocenters. The molecule has 136 valence electrons. The van der Waals surface area contributed by atoms with Crippen LogP contribution >= 0.6 is 11.8 Å². The first-order chi connectivity index (χ1) is 13.7. The minimum absolute atomic E-state index is 0.323. The number of nitrogens with one attached hydrogen (secondary N) is 1. The van der Waals surface area contributed by atoms with Gasteiger partial charge in [0.25, 0.3) is 11.1 Å². The Morgan fingerprint density at radius 1 is 0.893 bits per heavy atom. The number of carbonyl (C=O) groups is 2. The molecule has 5 rings (SSSR count). The maximum atomic E-state index is 11.9. The molecule has 0 radical (unpaired) electrons. The first-order valence-electron chi connectivity index (χ1n) is 8.98. The molecule has 1 saturated heterocycles. The Bertz CT molecular complexity index is 1280. The summed E-state index contributed by atoms with van der Waals surface area (Å²) in [6, 6.07) is 22.8. The molecule has 28 heavy (non-hydrogen) atoms. The summed E-state index contributed by atoms with van der Waals surface area (Å²) in [6.07, 6.45) is 3.85. The Hall–Kier alpha value is -3.31. The zero-order valence-electron chi connectivity index (χ0n) is 14.9. The minimum Gasteiger partial charge on any atom is -0.342 e. The van der Waals surface area contributed by atoms with Gasteiger partial charge in [0.05, 0.1) is 4.91 Å². The average Bonchev–Trinajstić information content (AvgIpc) is 3.22. The van der Waals surface area contributed by atoms with Crippen molar-refractivity contribution >= 4 is 50.7 Å². The van der Waals surface area contributed by atoms with Crippen LogP contribution < -0.4 is 5.32 Å². The highest BCUT2D eigenvalue weighted by Gasteiger charge is 2.25. The highest BCUT2D eigenvalue weighted by molar-refractivity contribution is 8.18. The molecule has 1 aromatic heterocycles. The predicted molar refractivity (Wildman–Crippen MR) is 114 cm³/mol. The topological polar surface area (TPSA) is 51.1 Å². The van der Waals surface area contributed by atoms with Gasteiger partial charge in [-0.2, -0.15) is 0 Å². The van der Waals surface area contributed by atoms with E-state index in [0.29, 0.717) is 4.91 Å². The lowest BCUT2D eigenvalue weighted by atomic mass is 10.0. The smallest absolute Gasteiger partial charge is 0.290 e. The van der Waals surface area contributed by atoms with E-state index in [0.717, 1.165) is 34.8 Å². The van der Waals surface area contributed by atoms with Crippen LogP contribution in [0, 0.1) is 0 Å². The number of thioether (sulfide) groups is 1. The zero-order valence-corrected chi connectivity index (χ0v) is 15.7. The van der Waals surface area contributed by atoms with Gasteiger partial charge in [0, 0.05) is 29.2 Å². The normalized spacial score (nSPS) is 15.6. The van der Waals surface area contributed by atoms with E-state index < -0.39 is 0 Å². The summed E-state index contributed by atoms with van der Waals surface area (Å²) < 4.78 is 2.20. The van der Waals surface area contributed by atoms with Crippen LogP contribution in [-0.4, -0.2) is 15.7 Å². The first-order valence-corrected chi connectivity index (χ1v) is 9.80. The highest BCUT2D eigenvalue weighted by Crippen LogP contribution is 2.30. The Labute approximate surface area is 165 Å². The standard InChI is InChI=1S/C23H16N2O2S/c26-22-21(28-23(27)24-22)12-17-14-25(20-11-4-3-10-19(17)20)13-16-8-5-7-15-6-1-2-9-18(15)16/h1-12,14H,13H2,(H,24,26,27)/b21-12-. The number of para-hydroxylation sites is 1. The Morgan fingerprint density at radius 2 is 1.64 bits per heavy atom. The number of nitrogens with zero attached hydrogens (tertiary/aromatic N) is 1. The summed E-state index contributed by atoms with van der Waals surface area (Å²) in [4.78, 5) is 23.8. The van der Waals surface area contributed by atoms with Crippen molar-refractivity contribution in [3.63, 3.8) is 0 Å². The van der Waals surface area contributed by atoms with Crippen LogP contribution in [-0.2, 0) is 11.3 Å². The predicted octanol–water partition coefficient (Wildman–Crippen LogP) is 5.17. The van der Waals surface area contributed by atoms with Crippen LogP contribution in [0.4, 0.5) is 4.79 Å². The number of fused-ring (bicyclic) bond motifs is 2. The third-order valence-electron chi connectivity index (χ3n) is 4.97. The van der Waals surface area contributed by atoms with Crippen molar-refractivity contribution in [3.05, 3.63) is 89.0 Å². The number of rotatable bonds is 3. The second-order valence-electron chi connectivity index (χ2n) is 6.72. The molecule has 4 aromatic rings. The van der Waals surface area contributed by atoms with Crippen LogP contribution in [0.25, 0.3) is 27.8 Å². The van der Waals surface area contributed by atoms with E-state index in [9.17, 15) is 9.59 Å². The van der Waals surface area contributed by atoms with Crippen LogP contribution in [0.5, 0.6) is 0 Å². The monoisotopic (exact) mass is 384 g/mol. The number of benzene rings is 3. The lowest BCUT2D eigenvalue weighted by Crippen LogP contribution is -2.17. The van der Waals surface area contributed by atoms with Gasteiger partial charge in [0.2, 0.25) is 0 Å². The molecule has 1 fully saturated rings. The largest absolute Gasteiger partial charge is 0.342 e. The first kappa shape index (κ1) is 16.8. The zero-order chi connectivity index (χ0) is 19.1. The summed E-state index contributed by atoms with van der Waals surface area (Å²) in [5.74, 6) is -0.333. The van der Waals surface area contributed by atoms with E-state index in [4.69, 9.17) is 0 Å². The van der Waals surface area contributed by atoms with Crippen LogP contribution in [0.15, 0.2) is 77.8 Å².